The van der Waals surface area contributed by atoms with E-state index in [-0.39, 0.29) is 12.1 Å². The molecule has 0 aliphatic carbocycles. The lowest BCUT2D eigenvalue weighted by Crippen LogP contribution is -2.30. The van der Waals surface area contributed by atoms with Gasteiger partial charge in [-0.3, -0.25) is 10.8 Å². The van der Waals surface area contributed by atoms with Crippen molar-refractivity contribution in [2.24, 2.45) is 0 Å². The van der Waals surface area contributed by atoms with E-state index in [1.165, 1.54) is 0 Å². The second-order valence-electron chi connectivity index (χ2n) is 10.5. The van der Waals surface area contributed by atoms with Gasteiger partial charge in [0, 0.05) is 34.2 Å². The van der Waals surface area contributed by atoms with Crippen molar-refractivity contribution in [3.05, 3.63) is 83.9 Å². The summed E-state index contributed by atoms with van der Waals surface area (Å²) in [6.07, 6.45) is 2.93. The number of hydrogen-bond donors (Lipinski definition) is 4. The molecule has 4 N–H and O–H groups in total. The fraction of sp³-hybridized carbons (Fsp3) is 0.333. The molecule has 7 heteroatoms. The van der Waals surface area contributed by atoms with Crippen LogP contribution in [0, 0.1) is 10.8 Å². The zero-order valence-corrected chi connectivity index (χ0v) is 23.8. The molecule has 0 atom stereocenters. The van der Waals surface area contributed by atoms with Crippen LogP contribution in [-0.2, 0) is 0 Å². The van der Waals surface area contributed by atoms with Gasteiger partial charge in [-0.2, -0.15) is 0 Å². The normalized spacial score (nSPS) is 11.2. The van der Waals surface area contributed by atoms with Crippen molar-refractivity contribution in [2.75, 3.05) is 13.2 Å². The van der Waals surface area contributed by atoms with Crippen LogP contribution in [0.3, 0.4) is 0 Å². The van der Waals surface area contributed by atoms with Crippen LogP contribution in [0.2, 0.25) is 0 Å². The van der Waals surface area contributed by atoms with Crippen molar-refractivity contribution in [1.29, 1.82) is 10.8 Å². The molecule has 210 valence electrons. The van der Waals surface area contributed by atoms with Crippen molar-refractivity contribution in [3.63, 3.8) is 0 Å². The van der Waals surface area contributed by atoms with E-state index in [0.29, 0.717) is 24.9 Å². The van der Waals surface area contributed by atoms with Gasteiger partial charge in [0.15, 0.2) is 0 Å². The Hall–Kier alpha value is -4.26. The molecule has 0 amide bonds. The fourth-order valence-electron chi connectivity index (χ4n) is 4.28. The van der Waals surface area contributed by atoms with Crippen LogP contribution in [0.4, 0.5) is 0 Å². The summed E-state index contributed by atoms with van der Waals surface area (Å²) >= 11 is 0. The maximum absolute atomic E-state index is 8.23. The Kier molecular flexibility index (Phi) is 9.84. The third-order valence-corrected chi connectivity index (χ3v) is 6.28. The Balaban J connectivity index is 1.17. The smallest absolute Gasteiger partial charge is 0.135 e. The molecule has 4 rings (SSSR count). The van der Waals surface area contributed by atoms with Crippen LogP contribution in [0.5, 0.6) is 11.5 Å². The first-order valence-electron chi connectivity index (χ1n) is 14.0. The lowest BCUT2D eigenvalue weighted by Gasteiger charge is -2.12. The highest BCUT2D eigenvalue weighted by atomic mass is 16.5. The Labute approximate surface area is 236 Å². The van der Waals surface area contributed by atoms with Gasteiger partial charge in [0.05, 0.1) is 13.2 Å². The Morgan fingerprint density at radius 1 is 0.675 bits per heavy atom. The summed E-state index contributed by atoms with van der Waals surface area (Å²) < 4.78 is 17.8. The summed E-state index contributed by atoms with van der Waals surface area (Å²) in [6, 6.07) is 23.9. The van der Waals surface area contributed by atoms with Gasteiger partial charge in [0.1, 0.15) is 34.5 Å². The molecule has 0 bridgehead atoms. The van der Waals surface area contributed by atoms with E-state index in [2.05, 4.69) is 10.6 Å². The Morgan fingerprint density at radius 2 is 1.20 bits per heavy atom. The Morgan fingerprint density at radius 3 is 1.77 bits per heavy atom. The summed E-state index contributed by atoms with van der Waals surface area (Å²) in [7, 11) is 0. The number of amidine groups is 2. The maximum Gasteiger partial charge on any atom is 0.135 e. The molecule has 0 radical (unpaired) electrons. The molecule has 0 aliphatic heterocycles. The van der Waals surface area contributed by atoms with Crippen LogP contribution in [0.25, 0.3) is 22.3 Å². The van der Waals surface area contributed by atoms with Gasteiger partial charge in [-0.1, -0.05) is 0 Å². The predicted molar refractivity (Wildman–Crippen MR) is 163 cm³/mol. The molecule has 0 aliphatic rings. The van der Waals surface area contributed by atoms with Gasteiger partial charge in [-0.25, -0.2) is 0 Å². The summed E-state index contributed by atoms with van der Waals surface area (Å²) in [5, 5.41) is 23.5. The van der Waals surface area contributed by atoms with Gasteiger partial charge in [0.25, 0.3) is 0 Å². The van der Waals surface area contributed by atoms with Gasteiger partial charge in [-0.15, -0.1) is 0 Å². The average Bonchev–Trinajstić information content (AvgIpc) is 3.36. The second kappa shape index (κ2) is 13.7. The standard InChI is InChI=1S/C33H40N4O3/c1-22(2)36-32(34)25-10-15-29(16-11-25)39-19-7-5-6-18-38-28-13-8-24(9-14-28)31-21-27-20-26(12-17-30(27)40-31)33(35)37-23(3)4/h8-17,20-23H,5-7,18-19H2,1-4H3,(H2,34,36)(H2,35,37). The van der Waals surface area contributed by atoms with Crippen molar-refractivity contribution in [3.8, 4) is 22.8 Å². The molecule has 3 aromatic carbocycles. The average molecular weight is 541 g/mol. The minimum Gasteiger partial charge on any atom is -0.494 e. The molecule has 0 saturated heterocycles. The fourth-order valence-corrected chi connectivity index (χ4v) is 4.28. The minimum atomic E-state index is 0.210. The van der Waals surface area contributed by atoms with Crippen molar-refractivity contribution < 1.29 is 13.9 Å². The molecular weight excluding hydrogens is 500 g/mol. The van der Waals surface area contributed by atoms with E-state index < -0.39 is 0 Å². The van der Waals surface area contributed by atoms with Crippen LogP contribution in [0.1, 0.15) is 58.1 Å². The molecule has 4 aromatic rings. The van der Waals surface area contributed by atoms with Gasteiger partial charge >= 0.3 is 0 Å². The van der Waals surface area contributed by atoms with E-state index in [1.54, 1.807) is 0 Å². The topological polar surface area (TPSA) is 103 Å². The first-order chi connectivity index (χ1) is 19.3. The number of furan rings is 1. The molecular formula is C33H40N4O3. The lowest BCUT2D eigenvalue weighted by atomic mass is 10.1. The van der Waals surface area contributed by atoms with Gasteiger partial charge in [-0.05, 0) is 120 Å². The van der Waals surface area contributed by atoms with E-state index in [9.17, 15) is 0 Å². The highest BCUT2D eigenvalue weighted by Crippen LogP contribution is 2.30. The monoisotopic (exact) mass is 540 g/mol. The third kappa shape index (κ3) is 8.12. The number of nitrogens with one attached hydrogen (secondary N) is 4. The first kappa shape index (κ1) is 28.7. The molecule has 1 heterocycles. The highest BCUT2D eigenvalue weighted by molar-refractivity contribution is 6.00. The van der Waals surface area contributed by atoms with E-state index in [0.717, 1.165) is 64.2 Å². The van der Waals surface area contributed by atoms with Gasteiger partial charge < -0.3 is 24.5 Å². The number of fused-ring (bicyclic) bond motifs is 1. The zero-order chi connectivity index (χ0) is 28.5. The summed E-state index contributed by atoms with van der Waals surface area (Å²) in [5.74, 6) is 3.30. The molecule has 0 unspecified atom stereocenters. The van der Waals surface area contributed by atoms with Crippen LogP contribution < -0.4 is 20.1 Å². The Bertz CT molecular complexity index is 1410. The van der Waals surface area contributed by atoms with Crippen molar-refractivity contribution in [2.45, 2.75) is 59.0 Å². The van der Waals surface area contributed by atoms with Crippen molar-refractivity contribution >= 4 is 22.6 Å². The number of hydrogen-bond acceptors (Lipinski definition) is 5. The largest absolute Gasteiger partial charge is 0.494 e. The zero-order valence-electron chi connectivity index (χ0n) is 23.8. The number of rotatable bonds is 13. The van der Waals surface area contributed by atoms with Crippen LogP contribution in [-0.4, -0.2) is 37.0 Å². The SMILES string of the molecule is CC(C)NC(=N)c1ccc(OCCCCCOc2ccc(-c3cc4cc(C(=N)NC(C)C)ccc4o3)cc2)cc1. The molecule has 7 nitrogen and oxygen atoms in total. The number of ether oxygens (including phenoxy) is 2. The highest BCUT2D eigenvalue weighted by Gasteiger charge is 2.10. The first-order valence-corrected chi connectivity index (χ1v) is 14.0. The number of benzene rings is 3. The minimum absolute atomic E-state index is 0.210. The van der Waals surface area contributed by atoms with E-state index >= 15 is 0 Å². The molecule has 0 spiro atoms. The van der Waals surface area contributed by atoms with E-state index in [4.69, 9.17) is 24.7 Å². The summed E-state index contributed by atoms with van der Waals surface area (Å²) in [5.41, 5.74) is 3.49. The van der Waals surface area contributed by atoms with E-state index in [1.807, 2.05) is 100 Å². The molecule has 0 fully saturated rings. The second-order valence-corrected chi connectivity index (χ2v) is 10.5. The van der Waals surface area contributed by atoms with Crippen LogP contribution >= 0.6 is 0 Å². The number of unbranched alkanes of at least 4 members (excludes halogenated alkanes) is 2. The van der Waals surface area contributed by atoms with Crippen LogP contribution in [0.15, 0.2) is 77.2 Å². The lowest BCUT2D eigenvalue weighted by molar-refractivity contribution is 0.279. The summed E-state index contributed by atoms with van der Waals surface area (Å²) in [6.45, 7) is 9.40. The van der Waals surface area contributed by atoms with Crippen molar-refractivity contribution in [1.82, 2.24) is 10.6 Å². The third-order valence-electron chi connectivity index (χ3n) is 6.28. The maximum atomic E-state index is 8.23. The predicted octanol–water partition coefficient (Wildman–Crippen LogP) is 7.37. The molecule has 1 aromatic heterocycles. The quantitative estimate of drug-likeness (QED) is 0.0805. The molecule has 40 heavy (non-hydrogen) atoms. The van der Waals surface area contributed by atoms with Gasteiger partial charge in [0.2, 0.25) is 0 Å². The molecule has 0 saturated carbocycles. The summed E-state index contributed by atoms with van der Waals surface area (Å²) in [4.78, 5) is 0.